The second-order valence-electron chi connectivity index (χ2n) is 4.05. The molecule has 4 nitrogen and oxygen atoms in total. The second kappa shape index (κ2) is 7.61. The lowest BCUT2D eigenvalue weighted by atomic mass is 10.0. The average Bonchev–Trinajstić information content (AvgIpc) is 2.39. The van der Waals surface area contributed by atoms with Crippen LogP contribution in [0.2, 0.25) is 0 Å². The number of hydrogen-bond acceptors (Lipinski definition) is 4. The van der Waals surface area contributed by atoms with Crippen molar-refractivity contribution in [2.45, 2.75) is 39.5 Å². The Labute approximate surface area is 103 Å². The van der Waals surface area contributed by atoms with Crippen molar-refractivity contribution in [1.29, 1.82) is 5.26 Å². The normalized spacial score (nSPS) is 11.8. The van der Waals surface area contributed by atoms with Gasteiger partial charge < -0.3 is 4.74 Å². The molecule has 0 saturated carbocycles. The Morgan fingerprint density at radius 2 is 2.12 bits per heavy atom. The quantitative estimate of drug-likeness (QED) is 0.726. The Morgan fingerprint density at radius 3 is 2.76 bits per heavy atom. The summed E-state index contributed by atoms with van der Waals surface area (Å²) in [5.41, 5.74) is 0.262. The minimum Gasteiger partial charge on any atom is -0.475 e. The molecule has 1 rings (SSSR count). The van der Waals surface area contributed by atoms with Crippen molar-refractivity contribution < 1.29 is 4.74 Å². The van der Waals surface area contributed by atoms with E-state index in [0.29, 0.717) is 18.4 Å². The molecule has 0 spiro atoms. The lowest BCUT2D eigenvalue weighted by Gasteiger charge is -2.14. The Balaban J connectivity index is 2.51. The third-order valence-corrected chi connectivity index (χ3v) is 2.77. The van der Waals surface area contributed by atoms with Crippen LogP contribution in [-0.4, -0.2) is 16.6 Å². The molecule has 0 aliphatic rings. The van der Waals surface area contributed by atoms with Crippen LogP contribution in [0.5, 0.6) is 5.88 Å². The van der Waals surface area contributed by atoms with E-state index in [1.54, 1.807) is 6.20 Å². The average molecular weight is 233 g/mol. The number of hydrogen-bond donors (Lipinski definition) is 0. The number of rotatable bonds is 7. The smallest absolute Gasteiger partial charge is 0.251 e. The van der Waals surface area contributed by atoms with E-state index in [9.17, 15) is 0 Å². The summed E-state index contributed by atoms with van der Waals surface area (Å²) in [4.78, 5) is 7.94. The molecule has 17 heavy (non-hydrogen) atoms. The molecule has 0 aliphatic heterocycles. The topological polar surface area (TPSA) is 58.8 Å². The van der Waals surface area contributed by atoms with Crippen molar-refractivity contribution >= 4 is 0 Å². The first-order chi connectivity index (χ1) is 8.31. The van der Waals surface area contributed by atoms with Gasteiger partial charge in [0.2, 0.25) is 5.69 Å². The SMILES string of the molecule is CCCCC(CC)COc1nccnc1C#N. The number of nitriles is 1. The molecule has 1 aromatic heterocycles. The summed E-state index contributed by atoms with van der Waals surface area (Å²) >= 11 is 0. The predicted molar refractivity (Wildman–Crippen MR) is 65.5 cm³/mol. The summed E-state index contributed by atoms with van der Waals surface area (Å²) in [5, 5.41) is 8.85. The molecule has 0 saturated heterocycles. The molecule has 0 bridgehead atoms. The first-order valence-electron chi connectivity index (χ1n) is 6.15. The van der Waals surface area contributed by atoms with Crippen LogP contribution in [-0.2, 0) is 0 Å². The minimum absolute atomic E-state index is 0.262. The van der Waals surface area contributed by atoms with Crippen molar-refractivity contribution in [2.75, 3.05) is 6.61 Å². The zero-order valence-corrected chi connectivity index (χ0v) is 10.5. The van der Waals surface area contributed by atoms with Crippen LogP contribution >= 0.6 is 0 Å². The summed E-state index contributed by atoms with van der Waals surface area (Å²) < 4.78 is 5.58. The van der Waals surface area contributed by atoms with Crippen molar-refractivity contribution in [3.8, 4) is 11.9 Å². The summed E-state index contributed by atoms with van der Waals surface area (Å²) in [6.07, 6.45) is 7.71. The lowest BCUT2D eigenvalue weighted by Crippen LogP contribution is -2.12. The van der Waals surface area contributed by atoms with Crippen molar-refractivity contribution in [3.63, 3.8) is 0 Å². The van der Waals surface area contributed by atoms with E-state index in [4.69, 9.17) is 10.00 Å². The summed E-state index contributed by atoms with van der Waals surface area (Å²) in [6.45, 7) is 4.96. The third kappa shape index (κ3) is 4.39. The molecule has 0 amide bonds. The van der Waals surface area contributed by atoms with Gasteiger partial charge in [0.15, 0.2) is 0 Å². The van der Waals surface area contributed by atoms with Gasteiger partial charge in [-0.15, -0.1) is 0 Å². The van der Waals surface area contributed by atoms with Crippen molar-refractivity contribution in [3.05, 3.63) is 18.1 Å². The molecule has 1 heterocycles. The standard InChI is InChI=1S/C13H19N3O/c1-3-5-6-11(4-2)10-17-13-12(9-14)15-7-8-16-13/h7-8,11H,3-6,10H2,1-2H3. The molecular formula is C13H19N3O. The maximum absolute atomic E-state index is 8.85. The molecule has 0 N–H and O–H groups in total. The molecule has 1 unspecified atom stereocenters. The van der Waals surface area contributed by atoms with Gasteiger partial charge in [0.05, 0.1) is 6.61 Å². The van der Waals surface area contributed by atoms with Gasteiger partial charge in [-0.3, -0.25) is 0 Å². The van der Waals surface area contributed by atoms with Crippen LogP contribution in [0.3, 0.4) is 0 Å². The van der Waals surface area contributed by atoms with Gasteiger partial charge in [-0.1, -0.05) is 33.1 Å². The minimum atomic E-state index is 0.262. The van der Waals surface area contributed by atoms with E-state index in [2.05, 4.69) is 23.8 Å². The van der Waals surface area contributed by atoms with Gasteiger partial charge in [-0.2, -0.15) is 5.26 Å². The molecule has 92 valence electrons. The van der Waals surface area contributed by atoms with Crippen LogP contribution in [0.25, 0.3) is 0 Å². The van der Waals surface area contributed by atoms with E-state index >= 15 is 0 Å². The Hall–Kier alpha value is -1.63. The van der Waals surface area contributed by atoms with Gasteiger partial charge in [-0.05, 0) is 12.3 Å². The number of unbranched alkanes of at least 4 members (excludes halogenated alkanes) is 1. The molecule has 1 atom stereocenters. The Kier molecular flexibility index (Phi) is 6.02. The molecule has 1 aromatic rings. The second-order valence-corrected chi connectivity index (χ2v) is 4.05. The highest BCUT2D eigenvalue weighted by Gasteiger charge is 2.10. The van der Waals surface area contributed by atoms with Crippen LogP contribution in [0, 0.1) is 17.2 Å². The van der Waals surface area contributed by atoms with E-state index in [0.717, 1.165) is 12.8 Å². The zero-order valence-electron chi connectivity index (χ0n) is 10.5. The van der Waals surface area contributed by atoms with Gasteiger partial charge in [0.1, 0.15) is 6.07 Å². The number of nitrogens with zero attached hydrogens (tertiary/aromatic N) is 3. The van der Waals surface area contributed by atoms with Gasteiger partial charge in [-0.25, -0.2) is 9.97 Å². The number of aromatic nitrogens is 2. The first-order valence-corrected chi connectivity index (χ1v) is 6.15. The Bertz CT molecular complexity index is 373. The zero-order chi connectivity index (χ0) is 12.5. The summed E-state index contributed by atoms with van der Waals surface area (Å²) in [7, 11) is 0. The highest BCUT2D eigenvalue weighted by molar-refractivity contribution is 5.29. The fourth-order valence-electron chi connectivity index (χ4n) is 1.60. The highest BCUT2D eigenvalue weighted by atomic mass is 16.5. The molecule has 0 fully saturated rings. The first kappa shape index (κ1) is 13.4. The predicted octanol–water partition coefficient (Wildman–Crippen LogP) is 2.94. The van der Waals surface area contributed by atoms with E-state index in [1.807, 2.05) is 6.07 Å². The lowest BCUT2D eigenvalue weighted by molar-refractivity contribution is 0.224. The fraction of sp³-hybridized carbons (Fsp3) is 0.615. The largest absolute Gasteiger partial charge is 0.475 e. The monoisotopic (exact) mass is 233 g/mol. The molecule has 4 heteroatoms. The van der Waals surface area contributed by atoms with Gasteiger partial charge >= 0.3 is 0 Å². The van der Waals surface area contributed by atoms with Crippen molar-refractivity contribution in [1.82, 2.24) is 9.97 Å². The third-order valence-electron chi connectivity index (χ3n) is 2.77. The summed E-state index contributed by atoms with van der Waals surface area (Å²) in [6, 6.07) is 1.98. The number of ether oxygens (including phenoxy) is 1. The Morgan fingerprint density at radius 1 is 1.35 bits per heavy atom. The molecule has 0 aliphatic carbocycles. The van der Waals surface area contributed by atoms with Gasteiger partial charge in [0, 0.05) is 12.4 Å². The van der Waals surface area contributed by atoms with E-state index in [-0.39, 0.29) is 5.69 Å². The molecule has 0 aromatic carbocycles. The highest BCUT2D eigenvalue weighted by Crippen LogP contribution is 2.16. The van der Waals surface area contributed by atoms with Crippen LogP contribution in [0.15, 0.2) is 12.4 Å². The van der Waals surface area contributed by atoms with E-state index in [1.165, 1.54) is 19.0 Å². The molecule has 0 radical (unpaired) electrons. The van der Waals surface area contributed by atoms with Crippen LogP contribution in [0.1, 0.15) is 45.2 Å². The maximum atomic E-state index is 8.85. The van der Waals surface area contributed by atoms with Gasteiger partial charge in [0.25, 0.3) is 5.88 Å². The summed E-state index contributed by atoms with van der Waals surface area (Å²) in [5.74, 6) is 0.883. The fourth-order valence-corrected chi connectivity index (χ4v) is 1.60. The van der Waals surface area contributed by atoms with Crippen molar-refractivity contribution in [2.24, 2.45) is 5.92 Å². The van der Waals surface area contributed by atoms with E-state index < -0.39 is 0 Å². The maximum Gasteiger partial charge on any atom is 0.251 e. The van der Waals surface area contributed by atoms with Crippen LogP contribution in [0.4, 0.5) is 0 Å². The van der Waals surface area contributed by atoms with Crippen LogP contribution < -0.4 is 4.74 Å². The molecular weight excluding hydrogens is 214 g/mol.